The maximum Gasteiger partial charge on any atom is 0.150 e. The van der Waals surface area contributed by atoms with Gasteiger partial charge < -0.3 is 14.8 Å². The Labute approximate surface area is 174 Å². The zero-order chi connectivity index (χ0) is 19.6. The molecular weight excluding hydrogens is 360 g/mol. The van der Waals surface area contributed by atoms with E-state index in [1.54, 1.807) is 0 Å². The fraction of sp³-hybridized carbons (Fsp3) is 0.652. The van der Waals surface area contributed by atoms with Crippen LogP contribution in [0.3, 0.4) is 0 Å². The number of aryl methyl sites for hydroxylation is 1. The van der Waals surface area contributed by atoms with Gasteiger partial charge in [0, 0.05) is 51.4 Å². The minimum Gasteiger partial charge on any atom is -0.371 e. The Morgan fingerprint density at radius 1 is 1.00 bits per heavy atom. The van der Waals surface area contributed by atoms with Crippen molar-refractivity contribution in [2.75, 3.05) is 37.6 Å². The summed E-state index contributed by atoms with van der Waals surface area (Å²) in [6.45, 7) is 9.95. The summed E-state index contributed by atoms with van der Waals surface area (Å²) < 4.78 is 2.39. The summed E-state index contributed by atoms with van der Waals surface area (Å²) in [6.07, 6.45) is 7.41. The normalized spacial score (nSPS) is 23.2. The molecule has 6 nitrogen and oxygen atoms in total. The molecule has 1 aromatic carbocycles. The average Bonchev–Trinajstić information content (AvgIpc) is 3.37. The third-order valence-corrected chi connectivity index (χ3v) is 6.88. The molecule has 0 aliphatic carbocycles. The van der Waals surface area contributed by atoms with Crippen molar-refractivity contribution in [3.63, 3.8) is 0 Å². The van der Waals surface area contributed by atoms with Gasteiger partial charge in [-0.1, -0.05) is 18.6 Å². The Balaban J connectivity index is 1.24. The monoisotopic (exact) mass is 394 g/mol. The van der Waals surface area contributed by atoms with E-state index in [4.69, 9.17) is 0 Å². The maximum atomic E-state index is 4.56. The largest absolute Gasteiger partial charge is 0.371 e. The van der Waals surface area contributed by atoms with Crippen LogP contribution in [-0.4, -0.2) is 52.4 Å². The van der Waals surface area contributed by atoms with Gasteiger partial charge in [0.2, 0.25) is 0 Å². The molecule has 3 aliphatic rings. The number of aromatic nitrogens is 3. The molecule has 0 spiro atoms. The summed E-state index contributed by atoms with van der Waals surface area (Å²) in [6, 6.07) is 7.46. The third-order valence-electron chi connectivity index (χ3n) is 6.88. The molecule has 5 rings (SSSR count). The molecule has 0 bridgehead atoms. The lowest BCUT2D eigenvalue weighted by Gasteiger charge is -2.24. The number of anilines is 1. The molecule has 0 saturated carbocycles. The fourth-order valence-corrected chi connectivity index (χ4v) is 5.26. The van der Waals surface area contributed by atoms with E-state index >= 15 is 0 Å². The van der Waals surface area contributed by atoms with Crippen molar-refractivity contribution < 1.29 is 0 Å². The van der Waals surface area contributed by atoms with E-state index in [1.807, 2.05) is 0 Å². The van der Waals surface area contributed by atoms with E-state index in [0.717, 1.165) is 50.8 Å². The van der Waals surface area contributed by atoms with Crippen LogP contribution in [0.25, 0.3) is 0 Å². The summed E-state index contributed by atoms with van der Waals surface area (Å²) in [4.78, 5) is 5.12. The molecule has 4 heterocycles. The fourth-order valence-electron chi connectivity index (χ4n) is 5.26. The summed E-state index contributed by atoms with van der Waals surface area (Å²) in [5.41, 5.74) is 4.28. The second kappa shape index (κ2) is 8.44. The van der Waals surface area contributed by atoms with E-state index in [1.165, 1.54) is 62.0 Å². The lowest BCUT2D eigenvalue weighted by atomic mass is 10.0. The van der Waals surface area contributed by atoms with E-state index in [-0.39, 0.29) is 0 Å². The average molecular weight is 395 g/mol. The standard InChI is InChI=1S/C23H34N6/c1-18-16-19(7-8-21(18)28-11-4-5-12-28)17-27-13-9-22-25-26-23(29(22)15-14-27)20-6-2-3-10-24-20/h7-8,16,20,24H,2-6,9-15,17H2,1H3. The van der Waals surface area contributed by atoms with Gasteiger partial charge in [0.15, 0.2) is 0 Å². The molecule has 3 aliphatic heterocycles. The van der Waals surface area contributed by atoms with Crippen molar-refractivity contribution in [3.8, 4) is 0 Å². The minimum atomic E-state index is 0.386. The summed E-state index contributed by atoms with van der Waals surface area (Å²) in [5.74, 6) is 2.32. The molecule has 0 radical (unpaired) electrons. The van der Waals surface area contributed by atoms with Gasteiger partial charge in [-0.2, -0.15) is 0 Å². The SMILES string of the molecule is Cc1cc(CN2CCc3nnc(C4CCCCN4)n3CC2)ccc1N1CCCC1. The quantitative estimate of drug-likeness (QED) is 0.864. The van der Waals surface area contributed by atoms with Gasteiger partial charge in [-0.3, -0.25) is 4.90 Å². The molecule has 1 unspecified atom stereocenters. The minimum absolute atomic E-state index is 0.386. The van der Waals surface area contributed by atoms with Crippen molar-refractivity contribution in [2.45, 2.75) is 64.6 Å². The number of benzene rings is 1. The zero-order valence-corrected chi connectivity index (χ0v) is 17.7. The van der Waals surface area contributed by atoms with Gasteiger partial charge in [0.25, 0.3) is 0 Å². The smallest absolute Gasteiger partial charge is 0.150 e. The lowest BCUT2D eigenvalue weighted by Crippen LogP contribution is -2.30. The van der Waals surface area contributed by atoms with Crippen molar-refractivity contribution in [2.24, 2.45) is 0 Å². The van der Waals surface area contributed by atoms with Gasteiger partial charge in [-0.15, -0.1) is 10.2 Å². The van der Waals surface area contributed by atoms with E-state index < -0.39 is 0 Å². The number of hydrogen-bond acceptors (Lipinski definition) is 5. The van der Waals surface area contributed by atoms with Crippen LogP contribution >= 0.6 is 0 Å². The molecule has 2 saturated heterocycles. The van der Waals surface area contributed by atoms with Crippen molar-refractivity contribution in [1.82, 2.24) is 25.0 Å². The molecular formula is C23H34N6. The highest BCUT2D eigenvalue weighted by atomic mass is 15.3. The van der Waals surface area contributed by atoms with E-state index in [0.29, 0.717) is 6.04 Å². The molecule has 2 aromatic rings. The second-order valence-corrected chi connectivity index (χ2v) is 8.97. The van der Waals surface area contributed by atoms with Crippen molar-refractivity contribution in [1.29, 1.82) is 0 Å². The Morgan fingerprint density at radius 2 is 1.90 bits per heavy atom. The molecule has 156 valence electrons. The highest BCUT2D eigenvalue weighted by Gasteiger charge is 2.25. The van der Waals surface area contributed by atoms with Crippen LogP contribution in [0.2, 0.25) is 0 Å². The van der Waals surface area contributed by atoms with Gasteiger partial charge in [0.05, 0.1) is 6.04 Å². The van der Waals surface area contributed by atoms with Crippen LogP contribution in [0.5, 0.6) is 0 Å². The molecule has 1 N–H and O–H groups in total. The summed E-state index contributed by atoms with van der Waals surface area (Å²) in [7, 11) is 0. The summed E-state index contributed by atoms with van der Waals surface area (Å²) >= 11 is 0. The Kier molecular flexibility index (Phi) is 5.55. The second-order valence-electron chi connectivity index (χ2n) is 8.97. The van der Waals surface area contributed by atoms with E-state index in [9.17, 15) is 0 Å². The van der Waals surface area contributed by atoms with Crippen LogP contribution in [0.4, 0.5) is 5.69 Å². The van der Waals surface area contributed by atoms with Gasteiger partial charge in [-0.05, 0) is 56.3 Å². The highest BCUT2D eigenvalue weighted by molar-refractivity contribution is 5.55. The summed E-state index contributed by atoms with van der Waals surface area (Å²) in [5, 5.41) is 12.7. The molecule has 6 heteroatoms. The molecule has 1 aromatic heterocycles. The van der Waals surface area contributed by atoms with Gasteiger partial charge >= 0.3 is 0 Å². The first kappa shape index (κ1) is 19.1. The lowest BCUT2D eigenvalue weighted by molar-refractivity contribution is 0.268. The van der Waals surface area contributed by atoms with Gasteiger partial charge in [0.1, 0.15) is 11.6 Å². The number of nitrogens with one attached hydrogen (secondary N) is 1. The van der Waals surface area contributed by atoms with Crippen LogP contribution in [0.15, 0.2) is 18.2 Å². The Morgan fingerprint density at radius 3 is 2.69 bits per heavy atom. The van der Waals surface area contributed by atoms with Crippen molar-refractivity contribution in [3.05, 3.63) is 41.0 Å². The topological polar surface area (TPSA) is 49.2 Å². The third kappa shape index (κ3) is 4.05. The number of fused-ring (bicyclic) bond motifs is 1. The number of nitrogens with zero attached hydrogens (tertiary/aromatic N) is 5. The Hall–Kier alpha value is -1.92. The molecule has 1 atom stereocenters. The zero-order valence-electron chi connectivity index (χ0n) is 17.7. The van der Waals surface area contributed by atoms with Crippen LogP contribution < -0.4 is 10.2 Å². The highest BCUT2D eigenvalue weighted by Crippen LogP contribution is 2.26. The van der Waals surface area contributed by atoms with Gasteiger partial charge in [-0.25, -0.2) is 0 Å². The van der Waals surface area contributed by atoms with Crippen LogP contribution in [0.1, 0.15) is 60.9 Å². The van der Waals surface area contributed by atoms with Crippen LogP contribution in [0, 0.1) is 6.92 Å². The first-order chi connectivity index (χ1) is 14.3. The number of rotatable bonds is 4. The van der Waals surface area contributed by atoms with Crippen molar-refractivity contribution >= 4 is 5.69 Å². The first-order valence-electron chi connectivity index (χ1n) is 11.5. The predicted octanol–water partition coefficient (Wildman–Crippen LogP) is 3.06. The molecule has 29 heavy (non-hydrogen) atoms. The van der Waals surface area contributed by atoms with Crippen LogP contribution in [-0.2, 0) is 19.5 Å². The Bertz CT molecular complexity index is 832. The van der Waals surface area contributed by atoms with E-state index in [2.05, 4.69) is 55.0 Å². The first-order valence-corrected chi connectivity index (χ1v) is 11.5. The maximum absolute atomic E-state index is 4.56. The number of piperidine rings is 1. The molecule has 0 amide bonds. The number of hydrogen-bond donors (Lipinski definition) is 1. The molecule has 2 fully saturated rings. The predicted molar refractivity (Wildman–Crippen MR) is 116 cm³/mol.